The molecule has 0 saturated carbocycles. The molecular weight excluding hydrogens is 412 g/mol. The highest BCUT2D eigenvalue weighted by Crippen LogP contribution is 2.25. The highest BCUT2D eigenvalue weighted by atomic mass is 16.2. The van der Waals surface area contributed by atoms with Gasteiger partial charge in [0.2, 0.25) is 0 Å². The van der Waals surface area contributed by atoms with E-state index in [1.54, 1.807) is 0 Å². The summed E-state index contributed by atoms with van der Waals surface area (Å²) in [4.78, 5) is 35.1. The largest absolute Gasteiger partial charge is 0.355 e. The third-order valence-electron chi connectivity index (χ3n) is 7.18. The number of allylic oxidation sites excluding steroid dienone is 2. The summed E-state index contributed by atoms with van der Waals surface area (Å²) in [6.45, 7) is 15.9. The Bertz CT molecular complexity index is 1480. The van der Waals surface area contributed by atoms with Gasteiger partial charge in [-0.3, -0.25) is 9.59 Å². The zero-order valence-corrected chi connectivity index (χ0v) is 20.5. The lowest BCUT2D eigenvalue weighted by molar-refractivity contribution is -0.116. The van der Waals surface area contributed by atoms with E-state index in [0.29, 0.717) is 11.3 Å². The summed E-state index contributed by atoms with van der Waals surface area (Å²) in [6.07, 6.45) is 6.06. The maximum atomic E-state index is 12.0. The highest BCUT2D eigenvalue weighted by molar-refractivity contribution is 6.30. The second-order valence-electron chi connectivity index (χ2n) is 9.01. The number of rotatable bonds is 3. The monoisotopic (exact) mass is 442 g/mol. The molecule has 6 nitrogen and oxygen atoms in total. The Morgan fingerprint density at radius 3 is 1.70 bits per heavy atom. The maximum Gasteiger partial charge on any atom is 0.273 e. The van der Waals surface area contributed by atoms with E-state index in [2.05, 4.69) is 54.0 Å². The molecule has 170 valence electrons. The molecule has 0 radical (unpaired) electrons. The summed E-state index contributed by atoms with van der Waals surface area (Å²) in [6, 6.07) is 0. The first kappa shape index (κ1) is 22.5. The zero-order valence-electron chi connectivity index (χ0n) is 20.5. The van der Waals surface area contributed by atoms with Gasteiger partial charge < -0.3 is 15.3 Å². The highest BCUT2D eigenvalue weighted by Gasteiger charge is 2.21. The molecular formula is C27H30N4O2. The number of carbonyl (C=O) groups excluding carboxylic acids is 2. The SMILES string of the molecule is CC1=C(C)C(/C=c2\[nH]/c(=C\c3[nH]c(/C=C4\NC(=O)C(C)=C4C)c(C)c3C)c(C)c2C)=NC1=O. The Morgan fingerprint density at radius 1 is 0.606 bits per heavy atom. The van der Waals surface area contributed by atoms with Crippen molar-refractivity contribution < 1.29 is 9.59 Å². The minimum absolute atomic E-state index is 0.0402. The lowest BCUT2D eigenvalue weighted by Gasteiger charge is -2.00. The van der Waals surface area contributed by atoms with Crippen molar-refractivity contribution in [1.82, 2.24) is 15.3 Å². The first-order valence-electron chi connectivity index (χ1n) is 11.1. The number of nitrogens with zero attached hydrogens (tertiary/aromatic N) is 1. The van der Waals surface area contributed by atoms with E-state index < -0.39 is 0 Å². The first-order chi connectivity index (χ1) is 15.5. The summed E-state index contributed by atoms with van der Waals surface area (Å²) in [5.74, 6) is -0.203. The summed E-state index contributed by atoms with van der Waals surface area (Å²) in [5.41, 5.74) is 11.5. The number of nitrogens with one attached hydrogen (secondary N) is 3. The molecule has 0 atom stereocenters. The van der Waals surface area contributed by atoms with E-state index in [1.165, 1.54) is 0 Å². The van der Waals surface area contributed by atoms with Gasteiger partial charge in [-0.1, -0.05) is 0 Å². The van der Waals surface area contributed by atoms with Crippen molar-refractivity contribution in [2.45, 2.75) is 55.4 Å². The van der Waals surface area contributed by atoms with Gasteiger partial charge in [0.25, 0.3) is 11.8 Å². The Labute approximate surface area is 193 Å². The Balaban J connectivity index is 1.78. The Kier molecular flexibility index (Phi) is 5.48. The molecule has 33 heavy (non-hydrogen) atoms. The van der Waals surface area contributed by atoms with Crippen molar-refractivity contribution in [3.8, 4) is 0 Å². The molecule has 6 heteroatoms. The quantitative estimate of drug-likeness (QED) is 0.681. The molecule has 2 amide bonds. The molecule has 2 aliphatic rings. The van der Waals surface area contributed by atoms with Gasteiger partial charge in [-0.25, -0.2) is 4.99 Å². The van der Waals surface area contributed by atoms with Crippen LogP contribution in [0.2, 0.25) is 0 Å². The van der Waals surface area contributed by atoms with Crippen LogP contribution < -0.4 is 16.0 Å². The van der Waals surface area contributed by atoms with Crippen LogP contribution in [0.15, 0.2) is 33.0 Å². The lowest BCUT2D eigenvalue weighted by atomic mass is 10.1. The second kappa shape index (κ2) is 8.03. The maximum absolute atomic E-state index is 12.0. The normalized spacial score (nSPS) is 19.0. The number of aliphatic imine (C=N–C) groups is 1. The van der Waals surface area contributed by atoms with Crippen LogP contribution in [-0.4, -0.2) is 27.5 Å². The molecule has 0 spiro atoms. The minimum Gasteiger partial charge on any atom is -0.355 e. The number of hydrogen-bond acceptors (Lipinski definition) is 2. The van der Waals surface area contributed by atoms with Crippen molar-refractivity contribution >= 4 is 35.8 Å². The molecule has 0 aromatic carbocycles. The zero-order chi connectivity index (χ0) is 24.2. The first-order valence-corrected chi connectivity index (χ1v) is 11.1. The number of aromatic nitrogens is 2. The number of H-pyrrole nitrogens is 2. The van der Waals surface area contributed by atoms with Crippen molar-refractivity contribution in [2.24, 2.45) is 4.99 Å². The molecule has 0 unspecified atom stereocenters. The third kappa shape index (κ3) is 3.75. The van der Waals surface area contributed by atoms with Gasteiger partial charge in [0.1, 0.15) is 0 Å². The molecule has 0 bridgehead atoms. The van der Waals surface area contributed by atoms with Gasteiger partial charge >= 0.3 is 0 Å². The van der Waals surface area contributed by atoms with Crippen LogP contribution in [0.3, 0.4) is 0 Å². The average Bonchev–Trinajstić information content (AvgIpc) is 3.38. The van der Waals surface area contributed by atoms with Gasteiger partial charge in [-0.05, 0) is 107 Å². The van der Waals surface area contributed by atoms with Crippen LogP contribution in [0.1, 0.15) is 61.3 Å². The number of aromatic amines is 2. The predicted molar refractivity (Wildman–Crippen MR) is 133 cm³/mol. The van der Waals surface area contributed by atoms with Crippen LogP contribution in [0, 0.1) is 27.7 Å². The molecule has 0 fully saturated rings. The molecule has 0 saturated heterocycles. The number of carbonyl (C=O) groups is 2. The van der Waals surface area contributed by atoms with Gasteiger partial charge in [-0.2, -0.15) is 0 Å². The lowest BCUT2D eigenvalue weighted by Crippen LogP contribution is -2.15. The molecule has 4 rings (SSSR count). The molecule has 0 aliphatic carbocycles. The standard InChI is InChI=1S/C27H30N4O2/c1-12-14(3)22(10-24-16(5)18(7)26(32)30-24)28-20(12)9-21-13(2)15(4)23(29-21)11-25-17(6)19(8)27(33)31-25/h9-11,28-29H,1-8H3,(H,30,32)/b21-9-,23-11-,24-10-. The average molecular weight is 443 g/mol. The van der Waals surface area contributed by atoms with Gasteiger partial charge in [0, 0.05) is 38.9 Å². The fourth-order valence-corrected chi connectivity index (χ4v) is 4.07. The minimum atomic E-state index is -0.163. The molecule has 2 aliphatic heterocycles. The van der Waals surface area contributed by atoms with Gasteiger partial charge in [0.15, 0.2) is 0 Å². The van der Waals surface area contributed by atoms with E-state index in [1.807, 2.05) is 39.8 Å². The van der Waals surface area contributed by atoms with Crippen LogP contribution >= 0.6 is 0 Å². The van der Waals surface area contributed by atoms with E-state index in [4.69, 9.17) is 0 Å². The number of amides is 2. The van der Waals surface area contributed by atoms with Crippen molar-refractivity contribution in [3.63, 3.8) is 0 Å². The fraction of sp³-hybridized carbons (Fsp3) is 0.296. The number of hydrogen-bond donors (Lipinski definition) is 3. The summed E-state index contributed by atoms with van der Waals surface area (Å²) < 4.78 is 0. The summed E-state index contributed by atoms with van der Waals surface area (Å²) in [7, 11) is 0. The molecule has 2 aromatic rings. The fourth-order valence-electron chi connectivity index (χ4n) is 4.07. The van der Waals surface area contributed by atoms with Crippen LogP contribution in [0.4, 0.5) is 0 Å². The molecule has 4 heterocycles. The topological polar surface area (TPSA) is 90.1 Å². The summed E-state index contributed by atoms with van der Waals surface area (Å²) in [5, 5.41) is 4.90. The van der Waals surface area contributed by atoms with Crippen molar-refractivity contribution in [1.29, 1.82) is 0 Å². The van der Waals surface area contributed by atoms with Crippen LogP contribution in [0.5, 0.6) is 0 Å². The van der Waals surface area contributed by atoms with Crippen LogP contribution in [0.25, 0.3) is 18.2 Å². The van der Waals surface area contributed by atoms with E-state index in [9.17, 15) is 9.59 Å². The third-order valence-corrected chi connectivity index (χ3v) is 7.18. The van der Waals surface area contributed by atoms with E-state index >= 15 is 0 Å². The van der Waals surface area contributed by atoms with Crippen molar-refractivity contribution in [2.75, 3.05) is 0 Å². The molecule has 2 aromatic heterocycles. The van der Waals surface area contributed by atoms with Gasteiger partial charge in [-0.15, -0.1) is 0 Å². The Hall–Kier alpha value is -3.67. The Morgan fingerprint density at radius 2 is 1.18 bits per heavy atom. The summed E-state index contributed by atoms with van der Waals surface area (Å²) >= 11 is 0. The van der Waals surface area contributed by atoms with Crippen LogP contribution in [-0.2, 0) is 9.59 Å². The second-order valence-corrected chi connectivity index (χ2v) is 9.01. The van der Waals surface area contributed by atoms with Crippen molar-refractivity contribution in [3.05, 3.63) is 72.3 Å². The predicted octanol–water partition coefficient (Wildman–Crippen LogP) is 3.31. The van der Waals surface area contributed by atoms with Gasteiger partial charge in [0.05, 0.1) is 5.71 Å². The van der Waals surface area contributed by atoms with E-state index in [0.717, 1.165) is 66.8 Å². The molecule has 3 N–H and O–H groups in total. The smallest absolute Gasteiger partial charge is 0.273 e. The van der Waals surface area contributed by atoms with E-state index in [-0.39, 0.29) is 11.8 Å².